The lowest BCUT2D eigenvalue weighted by atomic mass is 9.74. The van der Waals surface area contributed by atoms with Gasteiger partial charge in [0.25, 0.3) is 5.91 Å². The first kappa shape index (κ1) is 48.2. The number of carbonyl (C=O) groups is 8. The molecule has 3 aromatic rings. The number of anilines is 1. The van der Waals surface area contributed by atoms with Gasteiger partial charge >= 0.3 is 31.6 Å². The van der Waals surface area contributed by atoms with E-state index in [4.69, 9.17) is 9.84 Å². The molecular formula is C41H41N4O17PS. The van der Waals surface area contributed by atoms with Gasteiger partial charge in [-0.25, -0.2) is 19.2 Å². The molecule has 0 saturated heterocycles. The fraction of sp³-hybridized carbons (Fsp3) is 0.268. The summed E-state index contributed by atoms with van der Waals surface area (Å²) in [5.41, 5.74) is 1.66. The maximum absolute atomic E-state index is 12.8. The summed E-state index contributed by atoms with van der Waals surface area (Å²) in [4.78, 5) is 106. The highest BCUT2D eigenvalue weighted by atomic mass is 32.2. The number of carboxylic acids is 4. The molecule has 1 heterocycles. The van der Waals surface area contributed by atoms with Crippen LogP contribution in [0, 0.1) is 5.92 Å². The molecule has 23 heteroatoms. The van der Waals surface area contributed by atoms with Crippen LogP contribution in [0.1, 0.15) is 62.6 Å². The lowest BCUT2D eigenvalue weighted by Crippen LogP contribution is -2.44. The highest BCUT2D eigenvalue weighted by molar-refractivity contribution is 7.99. The monoisotopic (exact) mass is 924 g/mol. The molecule has 0 saturated carbocycles. The Morgan fingerprint density at radius 1 is 0.859 bits per heavy atom. The first-order valence-electron chi connectivity index (χ1n) is 19.1. The third-order valence-electron chi connectivity index (χ3n) is 9.60. The number of phenols is 1. The summed E-state index contributed by atoms with van der Waals surface area (Å²) in [6.07, 6.45) is 3.14. The predicted octanol–water partition coefficient (Wildman–Crippen LogP) is 2.84. The SMILES string of the molecule is O=C1C=CC2C(=C1)Oc1cc(O)ccc1C2c1ccc(NC(=O)CSCCC(=O)NCc2ccc(C(=O)NC(COP(=O)(O)N[C@H](CCC(=O)O)C(=O)O)C(=O)O)cc2)cc1C(=O)O. The number of carboxylic acid groups (broad SMARTS) is 4. The molecule has 0 radical (unpaired) electrons. The zero-order chi connectivity index (χ0) is 46.7. The van der Waals surface area contributed by atoms with Crippen LogP contribution in [0.25, 0.3) is 0 Å². The lowest BCUT2D eigenvalue weighted by Gasteiger charge is -2.35. The molecule has 1 aliphatic heterocycles. The van der Waals surface area contributed by atoms with E-state index in [1.807, 2.05) is 0 Å². The van der Waals surface area contributed by atoms with Gasteiger partial charge in [-0.05, 0) is 54.0 Å². The fourth-order valence-corrected chi connectivity index (χ4v) is 8.31. The van der Waals surface area contributed by atoms with Crippen molar-refractivity contribution in [3.05, 3.63) is 112 Å². The standard InChI is InChI=1S/C41H41N4O17PS/c46-24-6-9-27-32(16-24)62-33-17-25(47)7-10-28(33)37(27)26-8-5-23(15-29(26)39(53)54)43-35(49)20-64-14-13-34(48)42-18-21-1-3-22(4-2-21)38(52)44-31(41(57)58)19-61-63(59,60)45-30(40(55)56)11-12-36(50)51/h1-10,15-17,27,30-31,37,47H,11-14,18-20H2,(H,42,48)(H,43,49)(H,44,52)(H,50,51)(H,53,54)(H,55,56)(H,57,58)(H2,45,59,60)/t27?,30-,31?,37?/m1/s1. The van der Waals surface area contributed by atoms with Crippen LogP contribution in [0.5, 0.6) is 11.5 Å². The molecule has 0 spiro atoms. The summed E-state index contributed by atoms with van der Waals surface area (Å²) in [6.45, 7) is -1.01. The summed E-state index contributed by atoms with van der Waals surface area (Å²) in [5.74, 6) is -8.32. The molecule has 1 aliphatic carbocycles. The first-order valence-corrected chi connectivity index (χ1v) is 21.8. The van der Waals surface area contributed by atoms with E-state index in [1.54, 1.807) is 29.4 Å². The van der Waals surface area contributed by atoms with Crippen molar-refractivity contribution in [2.75, 3.05) is 23.4 Å². The van der Waals surface area contributed by atoms with Crippen molar-refractivity contribution in [3.8, 4) is 11.5 Å². The van der Waals surface area contributed by atoms with Crippen LogP contribution in [0.2, 0.25) is 0 Å². The second kappa shape index (κ2) is 21.5. The third-order valence-corrected chi connectivity index (χ3v) is 11.7. The molecule has 0 aromatic heterocycles. The molecule has 5 atom stereocenters. The van der Waals surface area contributed by atoms with Crippen LogP contribution in [0.15, 0.2) is 84.7 Å². The van der Waals surface area contributed by atoms with E-state index in [9.17, 15) is 68.2 Å². The molecule has 2 aliphatic rings. The zero-order valence-electron chi connectivity index (χ0n) is 33.3. The van der Waals surface area contributed by atoms with Crippen molar-refractivity contribution in [2.45, 2.75) is 43.8 Å². The number of benzene rings is 3. The van der Waals surface area contributed by atoms with E-state index in [0.717, 1.165) is 11.8 Å². The molecule has 5 rings (SSSR count). The number of thioether (sulfide) groups is 1. The van der Waals surface area contributed by atoms with Crippen LogP contribution in [-0.2, 0) is 44.4 Å². The summed E-state index contributed by atoms with van der Waals surface area (Å²) >= 11 is 1.16. The number of hydrogen-bond donors (Lipinski definition) is 10. The van der Waals surface area contributed by atoms with E-state index in [2.05, 4.69) is 20.5 Å². The van der Waals surface area contributed by atoms with Crippen LogP contribution in [-0.4, -0.2) is 108 Å². The minimum atomic E-state index is -4.97. The Hall–Kier alpha value is -6.84. The highest BCUT2D eigenvalue weighted by Gasteiger charge is 2.39. The number of aromatic carboxylic acids is 1. The van der Waals surface area contributed by atoms with Crippen molar-refractivity contribution in [1.29, 1.82) is 0 Å². The molecule has 4 unspecified atom stereocenters. The number of aliphatic carboxylic acids is 3. The fourth-order valence-electron chi connectivity index (χ4n) is 6.52. The van der Waals surface area contributed by atoms with Gasteiger partial charge in [0.2, 0.25) is 11.8 Å². The number of nitrogens with one attached hydrogen (secondary N) is 4. The number of ketones is 1. The lowest BCUT2D eigenvalue weighted by molar-refractivity contribution is -0.142. The van der Waals surface area contributed by atoms with E-state index in [0.29, 0.717) is 22.4 Å². The molecule has 3 amide bonds. The Morgan fingerprint density at radius 2 is 1.56 bits per heavy atom. The van der Waals surface area contributed by atoms with E-state index in [-0.39, 0.29) is 64.5 Å². The van der Waals surface area contributed by atoms with E-state index >= 15 is 0 Å². The average Bonchev–Trinajstić information content (AvgIpc) is 3.23. The van der Waals surface area contributed by atoms with Crippen molar-refractivity contribution >= 4 is 72.6 Å². The van der Waals surface area contributed by atoms with Crippen LogP contribution in [0.4, 0.5) is 5.69 Å². The van der Waals surface area contributed by atoms with Gasteiger partial charge in [-0.15, -0.1) is 0 Å². The van der Waals surface area contributed by atoms with Crippen LogP contribution >= 0.6 is 19.5 Å². The first-order chi connectivity index (χ1) is 30.3. The Balaban J connectivity index is 1.06. The summed E-state index contributed by atoms with van der Waals surface area (Å²) in [5, 5.41) is 56.9. The number of carbonyl (C=O) groups excluding carboxylic acids is 4. The van der Waals surface area contributed by atoms with Crippen molar-refractivity contribution in [2.24, 2.45) is 5.92 Å². The van der Waals surface area contributed by atoms with E-state index in [1.165, 1.54) is 54.6 Å². The smallest absolute Gasteiger partial charge is 0.403 e. The Bertz CT molecular complexity index is 2460. The summed E-state index contributed by atoms with van der Waals surface area (Å²) in [7, 11) is -4.97. The quantitative estimate of drug-likeness (QED) is 0.0511. The number of amides is 3. The van der Waals surface area contributed by atoms with Gasteiger partial charge in [-0.2, -0.15) is 11.8 Å². The van der Waals surface area contributed by atoms with Crippen LogP contribution in [0.3, 0.4) is 0 Å². The zero-order valence-corrected chi connectivity index (χ0v) is 35.0. The number of fused-ring (bicyclic) bond motifs is 2. The Morgan fingerprint density at radius 3 is 2.23 bits per heavy atom. The van der Waals surface area contributed by atoms with Gasteiger partial charge in [0.05, 0.1) is 17.9 Å². The normalized spacial score (nSPS) is 16.9. The number of hydrogen-bond acceptors (Lipinski definition) is 13. The van der Waals surface area contributed by atoms with Gasteiger partial charge < -0.3 is 51.1 Å². The summed E-state index contributed by atoms with van der Waals surface area (Å²) in [6, 6.07) is 10.9. The maximum Gasteiger partial charge on any atom is 0.403 e. The molecule has 3 aromatic carbocycles. The average molecular weight is 925 g/mol. The summed E-state index contributed by atoms with van der Waals surface area (Å²) < 4.78 is 22.9. The molecule has 338 valence electrons. The number of rotatable bonds is 22. The van der Waals surface area contributed by atoms with Gasteiger partial charge in [-0.3, -0.25) is 33.3 Å². The van der Waals surface area contributed by atoms with Crippen molar-refractivity contribution < 1.29 is 82.6 Å². The minimum absolute atomic E-state index is 0.0188. The highest BCUT2D eigenvalue weighted by Crippen LogP contribution is 2.49. The predicted molar refractivity (Wildman–Crippen MR) is 225 cm³/mol. The van der Waals surface area contributed by atoms with Crippen molar-refractivity contribution in [1.82, 2.24) is 15.7 Å². The molecule has 10 N–H and O–H groups in total. The van der Waals surface area contributed by atoms with Gasteiger partial charge in [0.15, 0.2) is 11.8 Å². The second-order valence-electron chi connectivity index (χ2n) is 14.2. The van der Waals surface area contributed by atoms with Gasteiger partial charge in [0.1, 0.15) is 23.3 Å². The Labute approximate surface area is 367 Å². The largest absolute Gasteiger partial charge is 0.508 e. The van der Waals surface area contributed by atoms with E-state index < -0.39 is 86.8 Å². The topological polar surface area (TPSA) is 342 Å². The van der Waals surface area contributed by atoms with Crippen LogP contribution < -0.4 is 25.8 Å². The Kier molecular flexibility index (Phi) is 16.2. The molecule has 0 bridgehead atoms. The molecule has 0 fully saturated rings. The number of allylic oxidation sites excluding steroid dienone is 3. The second-order valence-corrected chi connectivity index (χ2v) is 16.9. The van der Waals surface area contributed by atoms with Gasteiger partial charge in [0, 0.05) is 65.9 Å². The number of aromatic hydroxyl groups is 1. The minimum Gasteiger partial charge on any atom is -0.508 e. The number of ether oxygens (including phenoxy) is 1. The maximum atomic E-state index is 12.8. The number of phenolic OH excluding ortho intramolecular Hbond substituents is 1. The third kappa shape index (κ3) is 13.3. The molecule has 21 nitrogen and oxygen atoms in total. The van der Waals surface area contributed by atoms with Crippen molar-refractivity contribution in [3.63, 3.8) is 0 Å². The molecular weight excluding hydrogens is 884 g/mol. The van der Waals surface area contributed by atoms with Gasteiger partial charge in [-0.1, -0.05) is 30.3 Å². The molecule has 64 heavy (non-hydrogen) atoms.